The third-order valence-electron chi connectivity index (χ3n) is 13.7. The Bertz CT molecular complexity index is 2270. The van der Waals surface area contributed by atoms with Gasteiger partial charge in [-0.1, -0.05) is 18.0 Å². The van der Waals surface area contributed by atoms with Crippen LogP contribution in [0.4, 0.5) is 10.2 Å². The molecular formula is C39H49ClFN7O6S. The van der Waals surface area contributed by atoms with E-state index in [1.165, 1.54) is 7.11 Å². The number of hydrogen-bond donors (Lipinski definition) is 2. The molecule has 296 valence electrons. The molecule has 0 amide bonds. The van der Waals surface area contributed by atoms with Gasteiger partial charge in [-0.25, -0.2) is 17.8 Å². The van der Waals surface area contributed by atoms with Crippen molar-refractivity contribution >= 4 is 49.1 Å². The number of aromatic amines is 1. The molecule has 4 aromatic rings. The van der Waals surface area contributed by atoms with Crippen molar-refractivity contribution in [2.75, 3.05) is 63.0 Å². The first-order valence-electron chi connectivity index (χ1n) is 19.4. The number of nitrogens with zero attached hydrogens (tertiary/aromatic N) is 6. The molecule has 2 saturated carbocycles. The number of rotatable bonds is 7. The Morgan fingerprint density at radius 1 is 1.11 bits per heavy atom. The first-order valence-corrected chi connectivity index (χ1v) is 21.6. The fourth-order valence-electron chi connectivity index (χ4n) is 11.0. The van der Waals surface area contributed by atoms with E-state index in [-0.39, 0.29) is 64.4 Å². The molecule has 6 heterocycles. The molecule has 2 N–H and O–H groups in total. The molecule has 3 unspecified atom stereocenters. The van der Waals surface area contributed by atoms with Gasteiger partial charge in [0.05, 0.1) is 56.7 Å². The van der Waals surface area contributed by atoms with Gasteiger partial charge in [-0.2, -0.15) is 15.1 Å². The number of piperidine rings is 1. The van der Waals surface area contributed by atoms with Crippen molar-refractivity contribution in [3.05, 3.63) is 28.7 Å². The van der Waals surface area contributed by atoms with Gasteiger partial charge in [0.25, 0.3) is 0 Å². The van der Waals surface area contributed by atoms with Crippen LogP contribution in [0.2, 0.25) is 5.02 Å². The normalized spacial score (nSPS) is 32.2. The standard InChI is InChI=1S/C39H49ClFN7O6S/c1-22-27(40)15-28-26(16-42-46-28)29(22)32-31(41)33-30(35(43-32)52-4)34(47-11-12-53-20-37(2,49)19-47)45-36(44-33)54-21-39-8-5-7-38(39,3)48(10-6-9-39)25-13-23-17-55(50,51)18-24(23)14-25/h15-16,23-25,49H,5-14,17-21H2,1-4H3,(H,42,46)/t23-,24+,25?,37-,38?,39?/m0/s1. The monoisotopic (exact) mass is 797 g/mol. The van der Waals surface area contributed by atoms with Crippen molar-refractivity contribution in [1.29, 1.82) is 0 Å². The fraction of sp³-hybridized carbons (Fsp3) is 0.641. The van der Waals surface area contributed by atoms with Crippen molar-refractivity contribution in [3.63, 3.8) is 0 Å². The Morgan fingerprint density at radius 2 is 1.87 bits per heavy atom. The molecule has 6 atom stereocenters. The Balaban J connectivity index is 1.13. The van der Waals surface area contributed by atoms with Crippen molar-refractivity contribution in [1.82, 2.24) is 30.0 Å². The highest BCUT2D eigenvalue weighted by Gasteiger charge is 2.60. The average molecular weight is 798 g/mol. The van der Waals surface area contributed by atoms with Crippen molar-refractivity contribution < 1.29 is 32.1 Å². The maximum atomic E-state index is 17.3. The maximum absolute atomic E-state index is 17.3. The quantitative estimate of drug-likeness (QED) is 0.243. The van der Waals surface area contributed by atoms with Crippen LogP contribution in [0.5, 0.6) is 11.9 Å². The minimum Gasteiger partial charge on any atom is -0.480 e. The minimum atomic E-state index is -2.94. The van der Waals surface area contributed by atoms with E-state index in [2.05, 4.69) is 22.0 Å². The van der Waals surface area contributed by atoms with E-state index < -0.39 is 21.3 Å². The maximum Gasteiger partial charge on any atom is 0.319 e. The summed E-state index contributed by atoms with van der Waals surface area (Å²) >= 11 is 6.65. The molecule has 0 radical (unpaired) electrons. The van der Waals surface area contributed by atoms with E-state index in [0.717, 1.165) is 51.5 Å². The van der Waals surface area contributed by atoms with E-state index in [1.807, 2.05) is 11.8 Å². The van der Waals surface area contributed by atoms with E-state index >= 15 is 4.39 Å². The van der Waals surface area contributed by atoms with Gasteiger partial charge in [0, 0.05) is 39.5 Å². The van der Waals surface area contributed by atoms with Crippen LogP contribution in [0.25, 0.3) is 33.1 Å². The Labute approximate surface area is 325 Å². The van der Waals surface area contributed by atoms with Crippen LogP contribution in [0.15, 0.2) is 12.3 Å². The molecule has 2 aliphatic carbocycles. The highest BCUT2D eigenvalue weighted by molar-refractivity contribution is 7.91. The molecule has 5 fully saturated rings. The van der Waals surface area contributed by atoms with Crippen molar-refractivity contribution in [2.24, 2.45) is 17.3 Å². The summed E-state index contributed by atoms with van der Waals surface area (Å²) in [7, 11) is -1.47. The molecule has 0 spiro atoms. The number of halogens is 2. The van der Waals surface area contributed by atoms with Gasteiger partial charge in [0.2, 0.25) is 5.88 Å². The number of nitrogens with one attached hydrogen (secondary N) is 1. The van der Waals surface area contributed by atoms with Gasteiger partial charge in [0.15, 0.2) is 15.7 Å². The number of aliphatic hydroxyl groups is 1. The lowest BCUT2D eigenvalue weighted by Crippen LogP contribution is -2.63. The summed E-state index contributed by atoms with van der Waals surface area (Å²) in [5.41, 5.74) is 0.165. The number of sulfone groups is 1. The summed E-state index contributed by atoms with van der Waals surface area (Å²) in [4.78, 5) is 19.0. The Hall–Kier alpha value is -3.37. The summed E-state index contributed by atoms with van der Waals surface area (Å²) < 4.78 is 60.5. The van der Waals surface area contributed by atoms with E-state index in [1.54, 1.807) is 19.2 Å². The second-order valence-corrected chi connectivity index (χ2v) is 19.8. The fourth-order valence-corrected chi connectivity index (χ4v) is 13.5. The Kier molecular flexibility index (Phi) is 9.04. The number of anilines is 1. The van der Waals surface area contributed by atoms with Crippen molar-refractivity contribution in [2.45, 2.75) is 82.9 Å². The molecule has 13 nitrogen and oxygen atoms in total. The first kappa shape index (κ1) is 37.2. The van der Waals surface area contributed by atoms with Crippen molar-refractivity contribution in [3.8, 4) is 23.1 Å². The number of likely N-dealkylation sites (tertiary alicyclic amines) is 1. The zero-order valence-electron chi connectivity index (χ0n) is 31.8. The molecule has 0 bridgehead atoms. The second kappa shape index (κ2) is 13.4. The van der Waals surface area contributed by atoms with Gasteiger partial charge in [-0.3, -0.25) is 10.00 Å². The average Bonchev–Trinajstić information content (AvgIpc) is 3.87. The summed E-state index contributed by atoms with van der Waals surface area (Å²) in [6.45, 7) is 8.20. The number of pyridine rings is 1. The predicted octanol–water partition coefficient (Wildman–Crippen LogP) is 5.49. The summed E-state index contributed by atoms with van der Waals surface area (Å²) in [5, 5.41) is 19.7. The number of H-pyrrole nitrogens is 1. The van der Waals surface area contributed by atoms with Crippen LogP contribution >= 0.6 is 11.6 Å². The minimum absolute atomic E-state index is 0.0107. The second-order valence-electron chi connectivity index (χ2n) is 17.2. The molecule has 3 aliphatic heterocycles. The van der Waals surface area contributed by atoms with Crippen LogP contribution in [-0.2, 0) is 14.6 Å². The largest absolute Gasteiger partial charge is 0.480 e. The lowest BCUT2D eigenvalue weighted by atomic mass is 9.66. The van der Waals surface area contributed by atoms with Gasteiger partial charge in [-0.05, 0) is 89.3 Å². The lowest BCUT2D eigenvalue weighted by molar-refractivity contribution is -0.0864. The molecule has 16 heteroatoms. The summed E-state index contributed by atoms with van der Waals surface area (Å²) in [5.74, 6) is 0.888. The molecule has 55 heavy (non-hydrogen) atoms. The smallest absolute Gasteiger partial charge is 0.319 e. The predicted molar refractivity (Wildman–Crippen MR) is 207 cm³/mol. The number of β-amino-alcohol motifs (C(OH)–C–C–N with tert-alkyl or cyclic N) is 1. The molecule has 3 aromatic heterocycles. The number of benzene rings is 1. The third-order valence-corrected chi connectivity index (χ3v) is 15.9. The number of hydrogen-bond acceptors (Lipinski definition) is 12. The van der Waals surface area contributed by atoms with E-state index in [0.29, 0.717) is 70.2 Å². The number of fused-ring (bicyclic) bond motifs is 4. The number of ether oxygens (including phenoxy) is 3. The van der Waals surface area contributed by atoms with Gasteiger partial charge in [-0.15, -0.1) is 0 Å². The topological polar surface area (TPSA) is 156 Å². The Morgan fingerprint density at radius 3 is 2.64 bits per heavy atom. The zero-order valence-corrected chi connectivity index (χ0v) is 33.4. The number of methoxy groups -OCH3 is 1. The molecule has 3 saturated heterocycles. The van der Waals surface area contributed by atoms with E-state index in [4.69, 9.17) is 40.8 Å². The van der Waals surface area contributed by atoms with E-state index in [9.17, 15) is 13.5 Å². The van der Waals surface area contributed by atoms with Crippen LogP contribution in [0, 0.1) is 30.0 Å². The van der Waals surface area contributed by atoms with Crippen LogP contribution in [-0.4, -0.2) is 119 Å². The van der Waals surface area contributed by atoms with Crippen LogP contribution in [0.1, 0.15) is 64.4 Å². The summed E-state index contributed by atoms with van der Waals surface area (Å²) in [6.07, 6.45) is 8.51. The zero-order chi connectivity index (χ0) is 38.5. The molecule has 1 aromatic carbocycles. The summed E-state index contributed by atoms with van der Waals surface area (Å²) in [6, 6.07) is 2.13. The lowest BCUT2D eigenvalue weighted by Gasteiger charge is -2.56. The van der Waals surface area contributed by atoms with Gasteiger partial charge >= 0.3 is 6.01 Å². The third kappa shape index (κ3) is 6.14. The highest BCUT2D eigenvalue weighted by atomic mass is 35.5. The highest BCUT2D eigenvalue weighted by Crippen LogP contribution is 2.58. The van der Waals surface area contributed by atoms with Gasteiger partial charge in [0.1, 0.15) is 28.0 Å². The van der Waals surface area contributed by atoms with Gasteiger partial charge < -0.3 is 24.2 Å². The van der Waals surface area contributed by atoms with Crippen LogP contribution in [0.3, 0.4) is 0 Å². The molecular weight excluding hydrogens is 749 g/mol. The SMILES string of the molecule is COc1nc(-c2c(C)c(Cl)cc3[nH]ncc23)c(F)c2nc(OCC34CCCN(C5C[C@@H]6CS(=O)(=O)C[C@@H]6C5)C3(C)CCC4)nc(N3CCOC[C@@](C)(O)C3)c12. The molecule has 9 rings (SSSR count). The first-order chi connectivity index (χ1) is 26.2. The van der Waals surface area contributed by atoms with Crippen LogP contribution < -0.4 is 14.4 Å². The number of aromatic nitrogens is 5. The molecule has 5 aliphatic rings.